The van der Waals surface area contributed by atoms with E-state index in [2.05, 4.69) is 109 Å². The molecule has 0 radical (unpaired) electrons. The van der Waals surface area contributed by atoms with Gasteiger partial charge in [-0.2, -0.15) is 0 Å². The minimum Gasteiger partial charge on any atom is -0.314 e. The monoisotopic (exact) mass is 412 g/mol. The van der Waals surface area contributed by atoms with Crippen LogP contribution in [-0.2, 0) is 5.54 Å². The molecule has 2 N–H and O–H groups in total. The molecule has 0 aliphatic heterocycles. The molecule has 2 nitrogen and oxygen atoms in total. The zero-order chi connectivity index (χ0) is 21.4. The standard InChI is InChI=1S/C29H36N2/c1-2-3-23-30-27-19-21-28(22-20-27)31-29(24-13-7-4-8-14-24,25-15-9-5-10-16-25)26-17-11-6-12-18-26/h4-18,27-28,30-31H,2-3,19-23H2,1H3. The average Bonchev–Trinajstić information content (AvgIpc) is 2.85. The van der Waals surface area contributed by atoms with Gasteiger partial charge in [0.15, 0.2) is 0 Å². The van der Waals surface area contributed by atoms with E-state index in [1.54, 1.807) is 0 Å². The Morgan fingerprint density at radius 1 is 0.645 bits per heavy atom. The fraction of sp³-hybridized carbons (Fsp3) is 0.379. The van der Waals surface area contributed by atoms with Gasteiger partial charge in [0.05, 0.1) is 5.54 Å². The molecule has 1 fully saturated rings. The van der Waals surface area contributed by atoms with Crippen LogP contribution >= 0.6 is 0 Å². The second kappa shape index (κ2) is 10.7. The Bertz CT molecular complexity index is 787. The summed E-state index contributed by atoms with van der Waals surface area (Å²) in [5, 5.41) is 7.95. The SMILES string of the molecule is CCCCNC1CCC(NC(c2ccccc2)(c2ccccc2)c2ccccc2)CC1. The van der Waals surface area contributed by atoms with Crippen molar-refractivity contribution in [1.29, 1.82) is 0 Å². The highest BCUT2D eigenvalue weighted by molar-refractivity contribution is 5.49. The lowest BCUT2D eigenvalue weighted by molar-refractivity contribution is 0.273. The molecule has 0 spiro atoms. The summed E-state index contributed by atoms with van der Waals surface area (Å²) in [6.45, 7) is 3.42. The lowest BCUT2D eigenvalue weighted by Gasteiger charge is -2.42. The number of unbranched alkanes of at least 4 members (excludes halogenated alkanes) is 1. The molecule has 4 rings (SSSR count). The van der Waals surface area contributed by atoms with Crippen LogP contribution in [0.25, 0.3) is 0 Å². The number of nitrogens with one attached hydrogen (secondary N) is 2. The molecule has 0 amide bonds. The Hall–Kier alpha value is -2.42. The van der Waals surface area contributed by atoms with Crippen LogP contribution in [0.3, 0.4) is 0 Å². The number of hydrogen-bond acceptors (Lipinski definition) is 2. The van der Waals surface area contributed by atoms with E-state index >= 15 is 0 Å². The Balaban J connectivity index is 1.65. The third kappa shape index (κ3) is 5.08. The number of benzene rings is 3. The van der Waals surface area contributed by atoms with Crippen LogP contribution in [0.5, 0.6) is 0 Å². The molecule has 2 heteroatoms. The van der Waals surface area contributed by atoms with Crippen molar-refractivity contribution in [3.63, 3.8) is 0 Å². The molecule has 0 unspecified atom stereocenters. The van der Waals surface area contributed by atoms with Gasteiger partial charge in [0.2, 0.25) is 0 Å². The van der Waals surface area contributed by atoms with Gasteiger partial charge in [0.25, 0.3) is 0 Å². The topological polar surface area (TPSA) is 24.1 Å². The Morgan fingerprint density at radius 2 is 1.06 bits per heavy atom. The molecular formula is C29H36N2. The first-order valence-electron chi connectivity index (χ1n) is 12.0. The molecule has 3 aromatic rings. The van der Waals surface area contributed by atoms with Crippen LogP contribution in [0, 0.1) is 0 Å². The third-order valence-corrected chi connectivity index (χ3v) is 6.73. The highest BCUT2D eigenvalue weighted by atomic mass is 15.0. The van der Waals surface area contributed by atoms with E-state index in [0.29, 0.717) is 12.1 Å². The molecule has 0 aromatic heterocycles. The summed E-state index contributed by atoms with van der Waals surface area (Å²) in [6.07, 6.45) is 7.44. The summed E-state index contributed by atoms with van der Waals surface area (Å²) in [5.74, 6) is 0. The molecule has 1 aliphatic carbocycles. The molecule has 1 saturated carbocycles. The van der Waals surface area contributed by atoms with Crippen molar-refractivity contribution >= 4 is 0 Å². The number of hydrogen-bond donors (Lipinski definition) is 2. The Labute approximate surface area is 188 Å². The molecule has 0 bridgehead atoms. The van der Waals surface area contributed by atoms with Gasteiger partial charge < -0.3 is 5.32 Å². The second-order valence-electron chi connectivity index (χ2n) is 8.85. The zero-order valence-electron chi connectivity index (χ0n) is 18.8. The molecule has 31 heavy (non-hydrogen) atoms. The molecule has 0 saturated heterocycles. The van der Waals surface area contributed by atoms with Crippen molar-refractivity contribution < 1.29 is 0 Å². The largest absolute Gasteiger partial charge is 0.314 e. The van der Waals surface area contributed by atoms with E-state index in [0.717, 1.165) is 6.54 Å². The predicted octanol–water partition coefficient (Wildman–Crippen LogP) is 6.27. The minimum atomic E-state index is -0.350. The van der Waals surface area contributed by atoms with Crippen molar-refractivity contribution in [2.75, 3.05) is 6.54 Å². The summed E-state index contributed by atoms with van der Waals surface area (Å²) in [5.41, 5.74) is 3.55. The average molecular weight is 413 g/mol. The van der Waals surface area contributed by atoms with Crippen LogP contribution < -0.4 is 10.6 Å². The van der Waals surface area contributed by atoms with Crippen molar-refractivity contribution in [2.45, 2.75) is 63.1 Å². The molecule has 1 aliphatic rings. The summed E-state index contributed by atoms with van der Waals surface area (Å²) in [7, 11) is 0. The highest BCUT2D eigenvalue weighted by Crippen LogP contribution is 2.38. The molecule has 0 heterocycles. The fourth-order valence-electron chi connectivity index (χ4n) is 5.05. The summed E-state index contributed by atoms with van der Waals surface area (Å²) in [6, 6.07) is 34.1. The van der Waals surface area contributed by atoms with Gasteiger partial charge >= 0.3 is 0 Å². The van der Waals surface area contributed by atoms with Gasteiger partial charge in [-0.3, -0.25) is 5.32 Å². The Kier molecular flexibility index (Phi) is 7.56. The first-order chi connectivity index (χ1) is 15.3. The van der Waals surface area contributed by atoms with Crippen LogP contribution in [-0.4, -0.2) is 18.6 Å². The maximum atomic E-state index is 4.18. The third-order valence-electron chi connectivity index (χ3n) is 6.73. The molecule has 0 atom stereocenters. The van der Waals surface area contributed by atoms with Crippen LogP contribution in [0.15, 0.2) is 91.0 Å². The first-order valence-corrected chi connectivity index (χ1v) is 12.0. The van der Waals surface area contributed by atoms with Gasteiger partial charge in [0.1, 0.15) is 0 Å². The summed E-state index contributed by atoms with van der Waals surface area (Å²) >= 11 is 0. The summed E-state index contributed by atoms with van der Waals surface area (Å²) in [4.78, 5) is 0. The van der Waals surface area contributed by atoms with Crippen LogP contribution in [0.4, 0.5) is 0 Å². The van der Waals surface area contributed by atoms with Gasteiger partial charge in [0, 0.05) is 12.1 Å². The Morgan fingerprint density at radius 3 is 1.48 bits per heavy atom. The van der Waals surface area contributed by atoms with Crippen molar-refractivity contribution in [1.82, 2.24) is 10.6 Å². The lowest BCUT2D eigenvalue weighted by Crippen LogP contribution is -2.51. The van der Waals surface area contributed by atoms with E-state index in [-0.39, 0.29) is 5.54 Å². The fourth-order valence-corrected chi connectivity index (χ4v) is 5.05. The van der Waals surface area contributed by atoms with Gasteiger partial charge in [-0.15, -0.1) is 0 Å². The summed E-state index contributed by atoms with van der Waals surface area (Å²) < 4.78 is 0. The second-order valence-corrected chi connectivity index (χ2v) is 8.85. The number of rotatable bonds is 9. The van der Waals surface area contributed by atoms with Crippen LogP contribution in [0.2, 0.25) is 0 Å². The van der Waals surface area contributed by atoms with Crippen molar-refractivity contribution in [3.05, 3.63) is 108 Å². The predicted molar refractivity (Wildman–Crippen MR) is 131 cm³/mol. The highest BCUT2D eigenvalue weighted by Gasteiger charge is 2.38. The van der Waals surface area contributed by atoms with E-state index in [1.807, 2.05) is 0 Å². The first kappa shape index (κ1) is 21.8. The maximum Gasteiger partial charge on any atom is 0.0950 e. The normalized spacial score (nSPS) is 19.3. The maximum absolute atomic E-state index is 4.18. The molecule has 162 valence electrons. The van der Waals surface area contributed by atoms with Crippen molar-refractivity contribution in [2.24, 2.45) is 0 Å². The van der Waals surface area contributed by atoms with E-state index in [4.69, 9.17) is 0 Å². The van der Waals surface area contributed by atoms with E-state index in [9.17, 15) is 0 Å². The zero-order valence-corrected chi connectivity index (χ0v) is 18.8. The lowest BCUT2D eigenvalue weighted by atomic mass is 9.75. The van der Waals surface area contributed by atoms with Crippen molar-refractivity contribution in [3.8, 4) is 0 Å². The quantitative estimate of drug-likeness (QED) is 0.320. The van der Waals surface area contributed by atoms with Gasteiger partial charge in [-0.25, -0.2) is 0 Å². The molecular weight excluding hydrogens is 376 g/mol. The van der Waals surface area contributed by atoms with Gasteiger partial charge in [-0.1, -0.05) is 104 Å². The van der Waals surface area contributed by atoms with Crippen LogP contribution in [0.1, 0.15) is 62.1 Å². The molecule has 3 aromatic carbocycles. The van der Waals surface area contributed by atoms with E-state index < -0.39 is 0 Å². The van der Waals surface area contributed by atoms with E-state index in [1.165, 1.54) is 55.2 Å². The smallest absolute Gasteiger partial charge is 0.0950 e. The minimum absolute atomic E-state index is 0.350. The van der Waals surface area contributed by atoms with Gasteiger partial charge in [-0.05, 0) is 55.3 Å².